The number of aromatic amines is 1. The van der Waals surface area contributed by atoms with E-state index in [0.717, 1.165) is 53.7 Å². The highest BCUT2D eigenvalue weighted by Gasteiger charge is 2.44. The lowest BCUT2D eigenvalue weighted by Gasteiger charge is -2.33. The molecule has 3 aliphatic rings. The zero-order valence-electron chi connectivity index (χ0n) is 16.7. The Morgan fingerprint density at radius 3 is 2.53 bits per heavy atom. The summed E-state index contributed by atoms with van der Waals surface area (Å²) >= 11 is 0. The maximum atomic E-state index is 13.0. The van der Waals surface area contributed by atoms with Gasteiger partial charge < -0.3 is 15.0 Å². The monoisotopic (exact) mass is 423 g/mol. The fourth-order valence-corrected chi connectivity index (χ4v) is 6.80. The number of H-pyrrole nitrogens is 1. The summed E-state index contributed by atoms with van der Waals surface area (Å²) in [5, 5.41) is 11.3. The molecule has 0 unspecified atom stereocenters. The second-order valence-electron chi connectivity index (χ2n) is 8.81. The molecule has 1 saturated carbocycles. The van der Waals surface area contributed by atoms with Crippen LogP contribution in [0.25, 0.3) is 22.2 Å². The Bertz CT molecular complexity index is 1200. The third kappa shape index (κ3) is 2.72. The topological polar surface area (TPSA) is 76.6 Å². The first-order valence-electron chi connectivity index (χ1n) is 10.7. The van der Waals surface area contributed by atoms with Crippen molar-refractivity contribution in [3.05, 3.63) is 48.5 Å². The first-order valence-corrected chi connectivity index (χ1v) is 12.1. The van der Waals surface area contributed by atoms with Crippen LogP contribution in [-0.4, -0.2) is 54.6 Å². The lowest BCUT2D eigenvalue weighted by atomic mass is 10.0. The van der Waals surface area contributed by atoms with Gasteiger partial charge in [0, 0.05) is 59.4 Å². The third-order valence-electron chi connectivity index (χ3n) is 7.05. The molecule has 3 aromatic rings. The predicted octanol–water partition coefficient (Wildman–Crippen LogP) is 3.19. The van der Waals surface area contributed by atoms with Gasteiger partial charge >= 0.3 is 0 Å². The summed E-state index contributed by atoms with van der Waals surface area (Å²) < 4.78 is 27.6. The van der Waals surface area contributed by atoms with Gasteiger partial charge in [-0.3, -0.25) is 0 Å². The normalized spacial score (nSPS) is 26.4. The molecule has 2 bridgehead atoms. The van der Waals surface area contributed by atoms with E-state index in [1.807, 2.05) is 30.3 Å². The number of nitrogens with zero attached hydrogens (tertiary/aromatic N) is 2. The maximum Gasteiger partial charge on any atom is 0.243 e. The van der Waals surface area contributed by atoms with E-state index in [1.54, 1.807) is 10.4 Å². The van der Waals surface area contributed by atoms with E-state index < -0.39 is 10.0 Å². The summed E-state index contributed by atoms with van der Waals surface area (Å²) in [4.78, 5) is 6.19. The Hall–Kier alpha value is -2.35. The Labute approximate surface area is 176 Å². The Morgan fingerprint density at radius 1 is 1.03 bits per heavy atom. The summed E-state index contributed by atoms with van der Waals surface area (Å²) in [5.74, 6) is 0.301. The molecule has 0 spiro atoms. The van der Waals surface area contributed by atoms with Crippen molar-refractivity contribution in [2.45, 2.75) is 36.3 Å². The van der Waals surface area contributed by atoms with Crippen LogP contribution in [0.2, 0.25) is 0 Å². The molecule has 30 heavy (non-hydrogen) atoms. The molecule has 0 radical (unpaired) electrons. The van der Waals surface area contributed by atoms with Crippen LogP contribution >= 0.6 is 0 Å². The third-order valence-corrected chi connectivity index (χ3v) is 8.95. The van der Waals surface area contributed by atoms with E-state index in [1.165, 1.54) is 0 Å². The highest BCUT2D eigenvalue weighted by Crippen LogP contribution is 2.44. The van der Waals surface area contributed by atoms with Gasteiger partial charge in [0.15, 0.2) is 0 Å². The largest absolute Gasteiger partial charge is 0.393 e. The summed E-state index contributed by atoms with van der Waals surface area (Å²) in [6.45, 7) is 2.01. The molecule has 1 aliphatic carbocycles. The van der Waals surface area contributed by atoms with Gasteiger partial charge in [0.25, 0.3) is 0 Å². The van der Waals surface area contributed by atoms with E-state index in [2.05, 4.69) is 22.0 Å². The second-order valence-corrected chi connectivity index (χ2v) is 10.7. The molecular weight excluding hydrogens is 398 g/mol. The lowest BCUT2D eigenvalue weighted by molar-refractivity contribution is 0.127. The number of hydrogen-bond acceptors (Lipinski definition) is 4. The number of hydrogen-bond donors (Lipinski definition) is 2. The van der Waals surface area contributed by atoms with Crippen molar-refractivity contribution in [2.24, 2.45) is 5.92 Å². The lowest BCUT2D eigenvalue weighted by Crippen LogP contribution is -2.42. The van der Waals surface area contributed by atoms with Crippen molar-refractivity contribution in [1.82, 2.24) is 9.29 Å². The number of aromatic nitrogens is 1. The molecule has 2 aromatic carbocycles. The Kier molecular flexibility index (Phi) is 4.04. The van der Waals surface area contributed by atoms with Crippen LogP contribution in [0.1, 0.15) is 19.3 Å². The average molecular weight is 424 g/mol. The molecule has 6 rings (SSSR count). The Balaban J connectivity index is 1.49. The predicted molar refractivity (Wildman–Crippen MR) is 117 cm³/mol. The number of sulfonamides is 1. The fourth-order valence-electron chi connectivity index (χ4n) is 5.26. The molecule has 2 saturated heterocycles. The average Bonchev–Trinajstić information content (AvgIpc) is 3.38. The molecule has 2 N–H and O–H groups in total. The van der Waals surface area contributed by atoms with Crippen LogP contribution in [0, 0.1) is 5.92 Å². The minimum absolute atomic E-state index is 0.214. The summed E-state index contributed by atoms with van der Waals surface area (Å²) in [6.07, 6.45) is 2.49. The SMILES string of the molecule is O=S(=O)(c1ccc(N2C[C@H]3C[C@@H]2C[C@@H]3O)c(-c2cc3ccccc3[nH]2)c1)N1CCC1. The number of piperidine rings is 1. The molecule has 3 fully saturated rings. The molecule has 0 amide bonds. The van der Waals surface area contributed by atoms with Crippen LogP contribution in [-0.2, 0) is 10.0 Å². The van der Waals surface area contributed by atoms with Gasteiger partial charge in [0.05, 0.1) is 11.0 Å². The van der Waals surface area contributed by atoms with Crippen LogP contribution in [0.4, 0.5) is 5.69 Å². The highest BCUT2D eigenvalue weighted by molar-refractivity contribution is 7.89. The Morgan fingerprint density at radius 2 is 1.87 bits per heavy atom. The quantitative estimate of drug-likeness (QED) is 0.676. The molecule has 3 heterocycles. The molecule has 7 heteroatoms. The minimum atomic E-state index is -3.46. The number of benzene rings is 2. The van der Waals surface area contributed by atoms with Crippen molar-refractivity contribution in [2.75, 3.05) is 24.5 Å². The number of fused-ring (bicyclic) bond motifs is 3. The number of aliphatic hydroxyl groups is 1. The molecular formula is C23H25N3O3S. The van der Waals surface area contributed by atoms with E-state index in [4.69, 9.17) is 0 Å². The van der Waals surface area contributed by atoms with Gasteiger partial charge in [-0.25, -0.2) is 8.42 Å². The van der Waals surface area contributed by atoms with Crippen LogP contribution in [0.5, 0.6) is 0 Å². The van der Waals surface area contributed by atoms with E-state index >= 15 is 0 Å². The molecule has 6 nitrogen and oxygen atoms in total. The number of aliphatic hydroxyl groups excluding tert-OH is 1. The number of nitrogens with one attached hydrogen (secondary N) is 1. The van der Waals surface area contributed by atoms with E-state index in [0.29, 0.717) is 29.9 Å². The number of anilines is 1. The summed E-state index contributed by atoms with van der Waals surface area (Å²) in [6, 6.07) is 16.0. The first-order chi connectivity index (χ1) is 14.5. The molecule has 156 valence electrons. The van der Waals surface area contributed by atoms with Crippen molar-refractivity contribution >= 4 is 26.6 Å². The highest BCUT2D eigenvalue weighted by atomic mass is 32.2. The van der Waals surface area contributed by atoms with Crippen molar-refractivity contribution in [1.29, 1.82) is 0 Å². The fraction of sp³-hybridized carbons (Fsp3) is 0.391. The number of rotatable bonds is 4. The van der Waals surface area contributed by atoms with E-state index in [9.17, 15) is 13.5 Å². The van der Waals surface area contributed by atoms with Crippen LogP contribution < -0.4 is 4.90 Å². The maximum absolute atomic E-state index is 13.0. The van der Waals surface area contributed by atoms with Crippen molar-refractivity contribution in [3.8, 4) is 11.3 Å². The van der Waals surface area contributed by atoms with Crippen LogP contribution in [0.15, 0.2) is 53.4 Å². The molecule has 1 aromatic heterocycles. The molecule has 3 atom stereocenters. The zero-order valence-corrected chi connectivity index (χ0v) is 17.5. The molecule has 2 aliphatic heterocycles. The van der Waals surface area contributed by atoms with Crippen molar-refractivity contribution in [3.63, 3.8) is 0 Å². The van der Waals surface area contributed by atoms with Crippen molar-refractivity contribution < 1.29 is 13.5 Å². The standard InChI is InChI=1S/C23H25N3O3S/c27-23-12-17-10-16(23)14-26(17)22-7-6-18(30(28,29)25-8-3-9-25)13-19(22)21-11-15-4-1-2-5-20(15)24-21/h1-2,4-7,11,13,16-17,23-24,27H,3,8-10,12,14H2/t16-,17-,23+/m1/s1. The zero-order chi connectivity index (χ0) is 20.5. The second kappa shape index (κ2) is 6.57. The van der Waals surface area contributed by atoms with Crippen LogP contribution in [0.3, 0.4) is 0 Å². The summed E-state index contributed by atoms with van der Waals surface area (Å²) in [5.41, 5.74) is 3.92. The van der Waals surface area contributed by atoms with Gasteiger partial charge in [-0.1, -0.05) is 18.2 Å². The smallest absolute Gasteiger partial charge is 0.243 e. The first kappa shape index (κ1) is 18.4. The minimum Gasteiger partial charge on any atom is -0.393 e. The van der Waals surface area contributed by atoms with Gasteiger partial charge in [0.2, 0.25) is 10.0 Å². The summed E-state index contributed by atoms with van der Waals surface area (Å²) in [7, 11) is -3.46. The van der Waals surface area contributed by atoms with Gasteiger partial charge in [0.1, 0.15) is 0 Å². The van der Waals surface area contributed by atoms with Gasteiger partial charge in [-0.15, -0.1) is 0 Å². The van der Waals surface area contributed by atoms with E-state index in [-0.39, 0.29) is 6.10 Å². The van der Waals surface area contributed by atoms with Gasteiger partial charge in [-0.2, -0.15) is 4.31 Å². The number of para-hydroxylation sites is 1. The van der Waals surface area contributed by atoms with Gasteiger partial charge in [-0.05, 0) is 49.6 Å².